The smallest absolute Gasteiger partial charge is 0.251 e. The van der Waals surface area contributed by atoms with Gasteiger partial charge in [-0.05, 0) is 44.6 Å². The van der Waals surface area contributed by atoms with Gasteiger partial charge in [-0.1, -0.05) is 6.07 Å². The Labute approximate surface area is 188 Å². The molecule has 0 saturated carbocycles. The van der Waals surface area contributed by atoms with Crippen molar-refractivity contribution >= 4 is 5.91 Å². The number of likely N-dealkylation sites (tertiary alicyclic amines) is 2. The van der Waals surface area contributed by atoms with Crippen LogP contribution in [0.1, 0.15) is 41.8 Å². The van der Waals surface area contributed by atoms with Gasteiger partial charge in [-0.25, -0.2) is 0 Å². The number of piperidine rings is 1. The minimum atomic E-state index is -0.445. The van der Waals surface area contributed by atoms with Crippen molar-refractivity contribution < 1.29 is 4.79 Å². The van der Waals surface area contributed by atoms with E-state index in [-0.39, 0.29) is 23.3 Å². The SMILES string of the molecule is CN(C)[C@H]1CCN(C(=O)[C@H]2[C@H]3C[C@H](CN(Cc4c[nH]c(C#N)c4)C3)c3cccc(=O)n32)C1. The molecular formula is C24H30N6O2. The van der Waals surface area contributed by atoms with Gasteiger partial charge in [0, 0.05) is 68.6 Å². The molecule has 4 atom stereocenters. The number of pyridine rings is 1. The highest BCUT2D eigenvalue weighted by molar-refractivity contribution is 5.81. The van der Waals surface area contributed by atoms with Crippen molar-refractivity contribution in [3.05, 3.63) is 57.8 Å². The van der Waals surface area contributed by atoms with Crippen LogP contribution in [0.4, 0.5) is 0 Å². The summed E-state index contributed by atoms with van der Waals surface area (Å²) >= 11 is 0. The lowest BCUT2D eigenvalue weighted by Crippen LogP contribution is -2.53. The quantitative estimate of drug-likeness (QED) is 0.785. The standard InChI is InChI=1S/C24H30N6O2/c1-27(2)20-6-7-29(15-20)24(32)23-18-9-17(21-4-3-5-22(31)30(21)23)13-28(14-18)12-16-8-19(10-25)26-11-16/h3-5,8,11,17-18,20,23,26H,6-7,9,12-15H2,1-2H3/t17-,18+,20+,23-/m1/s1. The zero-order valence-corrected chi connectivity index (χ0v) is 18.7. The number of aromatic nitrogens is 2. The molecule has 2 saturated heterocycles. The maximum absolute atomic E-state index is 13.8. The van der Waals surface area contributed by atoms with E-state index < -0.39 is 6.04 Å². The lowest BCUT2D eigenvalue weighted by molar-refractivity contribution is -0.137. The fourth-order valence-electron chi connectivity index (χ4n) is 5.88. The first-order valence-electron chi connectivity index (χ1n) is 11.4. The summed E-state index contributed by atoms with van der Waals surface area (Å²) in [5.41, 5.74) is 2.54. The van der Waals surface area contributed by atoms with Gasteiger partial charge in [0.15, 0.2) is 0 Å². The Morgan fingerprint density at radius 3 is 2.84 bits per heavy atom. The monoisotopic (exact) mass is 434 g/mol. The largest absolute Gasteiger partial charge is 0.353 e. The minimum absolute atomic E-state index is 0.0725. The summed E-state index contributed by atoms with van der Waals surface area (Å²) in [4.78, 5) is 36.2. The molecule has 2 bridgehead atoms. The second-order valence-corrected chi connectivity index (χ2v) is 9.71. The van der Waals surface area contributed by atoms with Gasteiger partial charge in [-0.2, -0.15) is 5.26 Å². The molecule has 2 aromatic rings. The van der Waals surface area contributed by atoms with E-state index in [1.807, 2.05) is 29.3 Å². The van der Waals surface area contributed by atoms with Crippen LogP contribution in [0.2, 0.25) is 0 Å². The van der Waals surface area contributed by atoms with Gasteiger partial charge in [-0.15, -0.1) is 0 Å². The van der Waals surface area contributed by atoms with Gasteiger partial charge >= 0.3 is 0 Å². The van der Waals surface area contributed by atoms with Gasteiger partial charge in [0.2, 0.25) is 5.91 Å². The van der Waals surface area contributed by atoms with Crippen LogP contribution in [-0.4, -0.2) is 76.5 Å². The summed E-state index contributed by atoms with van der Waals surface area (Å²) in [5, 5.41) is 9.10. The Kier molecular flexibility index (Phi) is 5.39. The van der Waals surface area contributed by atoms with Crippen LogP contribution in [0.5, 0.6) is 0 Å². The summed E-state index contributed by atoms with van der Waals surface area (Å²) in [6.07, 6.45) is 3.78. The molecule has 32 heavy (non-hydrogen) atoms. The average Bonchev–Trinajstić information content (AvgIpc) is 3.44. The number of rotatable bonds is 4. The number of H-pyrrole nitrogens is 1. The van der Waals surface area contributed by atoms with E-state index in [2.05, 4.69) is 34.9 Å². The van der Waals surface area contributed by atoms with E-state index >= 15 is 0 Å². The molecule has 1 amide bonds. The van der Waals surface area contributed by atoms with Crippen molar-refractivity contribution in [2.45, 2.75) is 37.4 Å². The minimum Gasteiger partial charge on any atom is -0.353 e. The molecule has 0 aromatic carbocycles. The molecule has 0 unspecified atom stereocenters. The van der Waals surface area contributed by atoms with E-state index in [0.29, 0.717) is 11.7 Å². The molecule has 168 valence electrons. The zero-order chi connectivity index (χ0) is 22.4. The zero-order valence-electron chi connectivity index (χ0n) is 18.7. The second-order valence-electron chi connectivity index (χ2n) is 9.71. The first kappa shape index (κ1) is 21.0. The molecule has 5 rings (SSSR count). The number of nitrogens with zero attached hydrogens (tertiary/aromatic N) is 5. The summed E-state index contributed by atoms with van der Waals surface area (Å²) in [6, 6.07) is 9.37. The number of nitrogens with one attached hydrogen (secondary N) is 1. The van der Waals surface area contributed by atoms with Crippen molar-refractivity contribution in [2.24, 2.45) is 5.92 Å². The maximum atomic E-state index is 13.8. The predicted octanol–water partition coefficient (Wildman–Crippen LogP) is 1.37. The van der Waals surface area contributed by atoms with Crippen LogP contribution in [0, 0.1) is 17.2 Å². The van der Waals surface area contributed by atoms with Gasteiger partial charge in [-0.3, -0.25) is 19.1 Å². The molecule has 0 spiro atoms. The van der Waals surface area contributed by atoms with E-state index in [0.717, 1.165) is 56.8 Å². The number of carbonyl (C=O) groups excluding carboxylic acids is 1. The first-order valence-corrected chi connectivity index (χ1v) is 11.4. The molecule has 0 aliphatic carbocycles. The molecule has 0 radical (unpaired) electrons. The van der Waals surface area contributed by atoms with Crippen LogP contribution in [-0.2, 0) is 11.3 Å². The van der Waals surface area contributed by atoms with Gasteiger partial charge < -0.3 is 14.8 Å². The van der Waals surface area contributed by atoms with Crippen LogP contribution in [0.15, 0.2) is 35.3 Å². The van der Waals surface area contributed by atoms with Crippen molar-refractivity contribution in [3.63, 3.8) is 0 Å². The number of fused-ring (bicyclic) bond motifs is 4. The summed E-state index contributed by atoms with van der Waals surface area (Å²) in [6.45, 7) is 3.82. The highest BCUT2D eigenvalue weighted by Gasteiger charge is 2.45. The van der Waals surface area contributed by atoms with Crippen molar-refractivity contribution in [1.82, 2.24) is 24.3 Å². The highest BCUT2D eigenvalue weighted by Crippen LogP contribution is 2.42. The molecule has 1 N–H and O–H groups in total. The number of carbonyl (C=O) groups is 1. The predicted molar refractivity (Wildman–Crippen MR) is 120 cm³/mol. The molecule has 3 aliphatic rings. The van der Waals surface area contributed by atoms with Gasteiger partial charge in [0.05, 0.1) is 0 Å². The van der Waals surface area contributed by atoms with Crippen molar-refractivity contribution in [3.8, 4) is 6.07 Å². The summed E-state index contributed by atoms with van der Waals surface area (Å²) in [5.74, 6) is 0.415. The van der Waals surface area contributed by atoms with Crippen LogP contribution in [0.3, 0.4) is 0 Å². The lowest BCUT2D eigenvalue weighted by atomic mass is 9.78. The Balaban J connectivity index is 1.44. The lowest BCUT2D eigenvalue weighted by Gasteiger charge is -2.47. The normalized spacial score (nSPS) is 27.4. The molecular weight excluding hydrogens is 404 g/mol. The van der Waals surface area contributed by atoms with E-state index in [9.17, 15) is 9.59 Å². The van der Waals surface area contributed by atoms with E-state index in [1.54, 1.807) is 10.6 Å². The average molecular weight is 435 g/mol. The third-order valence-corrected chi connectivity index (χ3v) is 7.45. The number of hydrogen-bond donors (Lipinski definition) is 1. The Morgan fingerprint density at radius 1 is 1.28 bits per heavy atom. The third kappa shape index (κ3) is 3.65. The molecule has 5 heterocycles. The van der Waals surface area contributed by atoms with Gasteiger partial charge in [0.1, 0.15) is 17.8 Å². The number of amides is 1. The maximum Gasteiger partial charge on any atom is 0.251 e. The second kappa shape index (κ2) is 8.23. The molecule has 3 aliphatic heterocycles. The van der Waals surface area contributed by atoms with Crippen molar-refractivity contribution in [2.75, 3.05) is 40.3 Å². The Bertz CT molecular complexity index is 1110. The number of aromatic amines is 1. The fourth-order valence-corrected chi connectivity index (χ4v) is 5.88. The number of hydrogen-bond acceptors (Lipinski definition) is 5. The fraction of sp³-hybridized carbons (Fsp3) is 0.542. The Morgan fingerprint density at radius 2 is 2.12 bits per heavy atom. The summed E-state index contributed by atoms with van der Waals surface area (Å²) < 4.78 is 1.80. The Hall–Kier alpha value is -2.89. The molecule has 2 fully saturated rings. The first-order chi connectivity index (χ1) is 15.4. The van der Waals surface area contributed by atoms with Crippen LogP contribution in [0.25, 0.3) is 0 Å². The molecule has 8 nitrogen and oxygen atoms in total. The highest BCUT2D eigenvalue weighted by atomic mass is 16.2. The summed E-state index contributed by atoms with van der Waals surface area (Å²) in [7, 11) is 4.11. The van der Waals surface area contributed by atoms with Crippen molar-refractivity contribution in [1.29, 1.82) is 5.26 Å². The van der Waals surface area contributed by atoms with Crippen LogP contribution < -0.4 is 5.56 Å². The van der Waals surface area contributed by atoms with E-state index in [1.165, 1.54) is 0 Å². The molecule has 8 heteroatoms. The molecule has 2 aromatic heterocycles. The number of nitriles is 1. The number of likely N-dealkylation sites (N-methyl/N-ethyl adjacent to an activating group) is 1. The van der Waals surface area contributed by atoms with Gasteiger partial charge in [0.25, 0.3) is 5.56 Å². The topological polar surface area (TPSA) is 88.4 Å². The van der Waals surface area contributed by atoms with E-state index in [4.69, 9.17) is 5.26 Å². The van der Waals surface area contributed by atoms with Crippen LogP contribution >= 0.6 is 0 Å². The third-order valence-electron chi connectivity index (χ3n) is 7.45.